The van der Waals surface area contributed by atoms with Gasteiger partial charge >= 0.3 is 0 Å². The molecule has 1 unspecified atom stereocenters. The fourth-order valence-electron chi connectivity index (χ4n) is 4.97. The number of aromatic amines is 2. The van der Waals surface area contributed by atoms with E-state index < -0.39 is 0 Å². The van der Waals surface area contributed by atoms with Gasteiger partial charge in [0.1, 0.15) is 11.4 Å². The van der Waals surface area contributed by atoms with E-state index in [9.17, 15) is 9.90 Å². The number of fused-ring (bicyclic) bond motifs is 1. The number of hydrogen-bond acceptors (Lipinski definition) is 5. The number of pyridine rings is 1. The summed E-state index contributed by atoms with van der Waals surface area (Å²) < 4.78 is 1.93. The van der Waals surface area contributed by atoms with Crippen LogP contribution in [0.2, 0.25) is 0 Å². The second-order valence-corrected chi connectivity index (χ2v) is 9.24. The number of aryl methyl sites for hydroxylation is 1. The highest BCUT2D eigenvalue weighted by atomic mass is 16.3. The Balaban J connectivity index is 1.48. The van der Waals surface area contributed by atoms with Crippen LogP contribution in [-0.2, 0) is 0 Å². The molecular weight excluding hydrogens is 428 g/mol. The van der Waals surface area contributed by atoms with Gasteiger partial charge in [-0.15, -0.1) is 0 Å². The van der Waals surface area contributed by atoms with Gasteiger partial charge < -0.3 is 19.6 Å². The van der Waals surface area contributed by atoms with Crippen LogP contribution in [0.25, 0.3) is 28.1 Å². The summed E-state index contributed by atoms with van der Waals surface area (Å²) in [5.41, 5.74) is 4.28. The van der Waals surface area contributed by atoms with E-state index in [1.165, 1.54) is 32.1 Å². The fraction of sp³-hybridized carbons (Fsp3) is 0.385. The molecule has 5 rings (SSSR count). The lowest BCUT2D eigenvalue weighted by atomic mass is 9.83. The molecule has 1 aliphatic rings. The molecule has 3 aromatic heterocycles. The van der Waals surface area contributed by atoms with Crippen molar-refractivity contribution in [2.75, 3.05) is 6.61 Å². The van der Waals surface area contributed by atoms with Crippen molar-refractivity contribution in [1.29, 1.82) is 0 Å². The van der Waals surface area contributed by atoms with E-state index in [2.05, 4.69) is 19.9 Å². The van der Waals surface area contributed by atoms with Gasteiger partial charge in [-0.3, -0.25) is 9.79 Å². The molecule has 1 aromatic carbocycles. The van der Waals surface area contributed by atoms with Crippen molar-refractivity contribution in [2.45, 2.75) is 45.4 Å². The summed E-state index contributed by atoms with van der Waals surface area (Å²) in [5.74, 6) is 1.09. The number of imidazole rings is 2. The van der Waals surface area contributed by atoms with Gasteiger partial charge in [0.15, 0.2) is 0 Å². The Hall–Kier alpha value is -3.52. The molecule has 1 atom stereocenters. The van der Waals surface area contributed by atoms with Gasteiger partial charge in [-0.05, 0) is 43.0 Å². The topological polar surface area (TPSA) is 112 Å². The Morgan fingerprint density at radius 3 is 2.91 bits per heavy atom. The number of nitrogens with zero attached hydrogens (tertiary/aromatic N) is 4. The molecule has 1 aliphatic carbocycles. The maximum absolute atomic E-state index is 12.8. The van der Waals surface area contributed by atoms with E-state index in [0.717, 1.165) is 28.7 Å². The van der Waals surface area contributed by atoms with Gasteiger partial charge in [0.05, 0.1) is 29.7 Å². The zero-order chi connectivity index (χ0) is 23.5. The average molecular weight is 459 g/mol. The van der Waals surface area contributed by atoms with Crippen LogP contribution in [0.15, 0.2) is 52.9 Å². The van der Waals surface area contributed by atoms with E-state index in [-0.39, 0.29) is 18.1 Å². The lowest BCUT2D eigenvalue weighted by Crippen LogP contribution is -2.16. The van der Waals surface area contributed by atoms with Crippen LogP contribution in [0.3, 0.4) is 0 Å². The number of rotatable bonds is 7. The molecule has 0 spiro atoms. The summed E-state index contributed by atoms with van der Waals surface area (Å²) >= 11 is 0. The molecule has 0 radical (unpaired) electrons. The van der Waals surface area contributed by atoms with E-state index in [0.29, 0.717) is 23.0 Å². The number of benzene rings is 1. The predicted molar refractivity (Wildman–Crippen MR) is 134 cm³/mol. The zero-order valence-corrected chi connectivity index (χ0v) is 19.4. The molecule has 34 heavy (non-hydrogen) atoms. The minimum atomic E-state index is -0.256. The largest absolute Gasteiger partial charge is 0.396 e. The molecule has 0 saturated heterocycles. The summed E-state index contributed by atoms with van der Waals surface area (Å²) in [4.78, 5) is 32.4. The zero-order valence-electron chi connectivity index (χ0n) is 19.4. The molecule has 3 N–H and O–H groups in total. The predicted octanol–water partition coefficient (Wildman–Crippen LogP) is 4.69. The SMILES string of the molecule is Cc1cc(-n2ccnc2)cc2[nH]c(-c3c(N=CC(CO)CC4CCCCC4)cc[nH]c3=O)nc12. The summed E-state index contributed by atoms with van der Waals surface area (Å²) in [6.45, 7) is 2.05. The van der Waals surface area contributed by atoms with Crippen LogP contribution in [-0.4, -0.2) is 42.4 Å². The van der Waals surface area contributed by atoms with Gasteiger partial charge in [0.25, 0.3) is 5.56 Å². The van der Waals surface area contributed by atoms with Crippen LogP contribution >= 0.6 is 0 Å². The van der Waals surface area contributed by atoms with E-state index in [1.54, 1.807) is 31.0 Å². The average Bonchev–Trinajstić information content (AvgIpc) is 3.53. The van der Waals surface area contributed by atoms with Gasteiger partial charge in [-0.1, -0.05) is 32.1 Å². The minimum absolute atomic E-state index is 0.0223. The first-order chi connectivity index (χ1) is 16.6. The van der Waals surface area contributed by atoms with E-state index in [1.807, 2.05) is 29.8 Å². The van der Waals surface area contributed by atoms with Crippen LogP contribution in [0.5, 0.6) is 0 Å². The first-order valence-corrected chi connectivity index (χ1v) is 12.0. The standard InChI is InChI=1S/C26H30N6O2/c1-17-11-20(32-10-9-27-16-32)13-22-24(17)31-25(30-22)23-21(7-8-28-26(23)34)29-14-19(15-33)12-18-5-3-2-4-6-18/h7-11,13-14,16,18-19,33H,2-6,12,15H2,1H3,(H,28,34)(H,30,31). The third-order valence-electron chi connectivity index (χ3n) is 6.76. The number of aliphatic hydroxyl groups is 1. The number of aliphatic hydroxyl groups excluding tert-OH is 1. The second kappa shape index (κ2) is 9.77. The Bertz CT molecular complexity index is 1350. The summed E-state index contributed by atoms with van der Waals surface area (Å²) in [6, 6.07) is 5.81. The number of H-pyrrole nitrogens is 2. The molecule has 8 nitrogen and oxygen atoms in total. The van der Waals surface area contributed by atoms with Crippen molar-refractivity contribution in [3.05, 3.63) is 59.0 Å². The molecule has 0 aliphatic heterocycles. The minimum Gasteiger partial charge on any atom is -0.396 e. The monoisotopic (exact) mass is 458 g/mol. The van der Waals surface area contributed by atoms with E-state index >= 15 is 0 Å². The highest BCUT2D eigenvalue weighted by Gasteiger charge is 2.19. The number of hydrogen-bond donors (Lipinski definition) is 3. The van der Waals surface area contributed by atoms with Crippen molar-refractivity contribution in [2.24, 2.45) is 16.8 Å². The number of nitrogens with one attached hydrogen (secondary N) is 2. The molecule has 0 amide bonds. The number of aliphatic imine (C=N–C) groups is 1. The van der Waals surface area contributed by atoms with Gasteiger partial charge in [0.2, 0.25) is 0 Å². The molecule has 8 heteroatoms. The molecular formula is C26H30N6O2. The van der Waals surface area contributed by atoms with Gasteiger partial charge in [0, 0.05) is 36.4 Å². The van der Waals surface area contributed by atoms with Crippen LogP contribution in [0.1, 0.15) is 44.1 Å². The van der Waals surface area contributed by atoms with Crippen LogP contribution < -0.4 is 5.56 Å². The van der Waals surface area contributed by atoms with E-state index in [4.69, 9.17) is 4.98 Å². The Labute approximate surface area is 197 Å². The molecule has 3 heterocycles. The van der Waals surface area contributed by atoms with Crippen molar-refractivity contribution < 1.29 is 5.11 Å². The normalized spacial score (nSPS) is 15.9. The van der Waals surface area contributed by atoms with Crippen molar-refractivity contribution in [3.63, 3.8) is 0 Å². The van der Waals surface area contributed by atoms with Crippen LogP contribution in [0.4, 0.5) is 5.69 Å². The quantitative estimate of drug-likeness (QED) is 0.349. The second-order valence-electron chi connectivity index (χ2n) is 9.24. The Morgan fingerprint density at radius 2 is 2.15 bits per heavy atom. The van der Waals surface area contributed by atoms with Crippen LogP contribution in [0, 0.1) is 18.8 Å². The molecule has 4 aromatic rings. The number of aromatic nitrogens is 5. The molecule has 0 bridgehead atoms. The third-order valence-corrected chi connectivity index (χ3v) is 6.76. The summed E-state index contributed by atoms with van der Waals surface area (Å²) in [7, 11) is 0. The lowest BCUT2D eigenvalue weighted by Gasteiger charge is -2.23. The smallest absolute Gasteiger partial charge is 0.261 e. The van der Waals surface area contributed by atoms with Crippen molar-refractivity contribution >= 4 is 22.9 Å². The Morgan fingerprint density at radius 1 is 1.29 bits per heavy atom. The summed E-state index contributed by atoms with van der Waals surface area (Å²) in [6.07, 6.45) is 16.0. The van der Waals surface area contributed by atoms with Gasteiger partial charge in [-0.2, -0.15) is 0 Å². The van der Waals surface area contributed by atoms with Crippen molar-refractivity contribution in [3.8, 4) is 17.1 Å². The van der Waals surface area contributed by atoms with Gasteiger partial charge in [-0.25, -0.2) is 9.97 Å². The fourth-order valence-corrected chi connectivity index (χ4v) is 4.97. The van der Waals surface area contributed by atoms with Crippen molar-refractivity contribution in [1.82, 2.24) is 24.5 Å². The Kier molecular flexibility index (Phi) is 6.40. The first-order valence-electron chi connectivity index (χ1n) is 12.0. The first kappa shape index (κ1) is 22.3. The highest BCUT2D eigenvalue weighted by Crippen LogP contribution is 2.31. The molecule has 1 fully saturated rings. The molecule has 176 valence electrons. The lowest BCUT2D eigenvalue weighted by molar-refractivity contribution is 0.224. The molecule has 1 saturated carbocycles. The maximum atomic E-state index is 12.8. The third kappa shape index (κ3) is 4.59. The maximum Gasteiger partial charge on any atom is 0.261 e. The summed E-state index contributed by atoms with van der Waals surface area (Å²) in [5, 5.41) is 9.92. The highest BCUT2D eigenvalue weighted by molar-refractivity contribution is 5.86.